The van der Waals surface area contributed by atoms with Crippen LogP contribution in [-0.2, 0) is 9.63 Å². The standard InChI is InChI=1S/C19H29NO2/c1-6-18(4)13-17(21)14-19(5,7-2)20(18)22-15(3)16-11-9-8-10-12-16/h8-12,15H,6-7,13-14H2,1-5H3. The van der Waals surface area contributed by atoms with Gasteiger partial charge in [0.05, 0.1) is 11.1 Å². The fourth-order valence-corrected chi connectivity index (χ4v) is 3.44. The Hall–Kier alpha value is -1.19. The van der Waals surface area contributed by atoms with Crippen LogP contribution in [0, 0.1) is 0 Å². The zero-order valence-electron chi connectivity index (χ0n) is 14.6. The summed E-state index contributed by atoms with van der Waals surface area (Å²) in [5, 5.41) is 2.14. The van der Waals surface area contributed by atoms with Gasteiger partial charge >= 0.3 is 0 Å². The number of ketones is 1. The Morgan fingerprint density at radius 2 is 1.59 bits per heavy atom. The van der Waals surface area contributed by atoms with Gasteiger partial charge in [-0.05, 0) is 39.2 Å². The van der Waals surface area contributed by atoms with Crippen molar-refractivity contribution in [2.24, 2.45) is 0 Å². The Morgan fingerprint density at radius 3 is 2.05 bits per heavy atom. The molecule has 0 radical (unpaired) electrons. The Morgan fingerprint density at radius 1 is 1.09 bits per heavy atom. The molecule has 1 aliphatic rings. The predicted octanol–water partition coefficient (Wildman–Crippen LogP) is 4.68. The highest BCUT2D eigenvalue weighted by Gasteiger charge is 2.49. The number of hydroxylamine groups is 2. The highest BCUT2D eigenvalue weighted by Crippen LogP contribution is 2.42. The van der Waals surface area contributed by atoms with Crippen molar-refractivity contribution in [2.45, 2.75) is 77.5 Å². The molecule has 0 N–H and O–H groups in total. The van der Waals surface area contributed by atoms with E-state index >= 15 is 0 Å². The molecule has 1 aliphatic heterocycles. The minimum Gasteiger partial charge on any atom is -0.300 e. The van der Waals surface area contributed by atoms with Gasteiger partial charge in [-0.15, -0.1) is 0 Å². The van der Waals surface area contributed by atoms with E-state index in [-0.39, 0.29) is 17.2 Å². The molecule has 1 fully saturated rings. The summed E-state index contributed by atoms with van der Waals surface area (Å²) >= 11 is 0. The second-order valence-electron chi connectivity index (χ2n) is 7.05. The van der Waals surface area contributed by atoms with Crippen LogP contribution in [0.25, 0.3) is 0 Å². The van der Waals surface area contributed by atoms with E-state index in [4.69, 9.17) is 4.84 Å². The summed E-state index contributed by atoms with van der Waals surface area (Å²) in [6.07, 6.45) is 2.92. The number of hydrogen-bond donors (Lipinski definition) is 0. The van der Waals surface area contributed by atoms with Crippen LogP contribution in [0.2, 0.25) is 0 Å². The second kappa shape index (κ2) is 6.51. The van der Waals surface area contributed by atoms with E-state index in [1.54, 1.807) is 0 Å². The number of carbonyl (C=O) groups excluding carboxylic acids is 1. The van der Waals surface area contributed by atoms with E-state index in [9.17, 15) is 4.79 Å². The van der Waals surface area contributed by atoms with Crippen molar-refractivity contribution in [3.05, 3.63) is 35.9 Å². The third kappa shape index (κ3) is 3.26. The summed E-state index contributed by atoms with van der Waals surface area (Å²) in [5.41, 5.74) is 0.697. The molecule has 3 nitrogen and oxygen atoms in total. The third-order valence-electron chi connectivity index (χ3n) is 5.19. The highest BCUT2D eigenvalue weighted by atomic mass is 16.7. The summed E-state index contributed by atoms with van der Waals surface area (Å²) in [5.74, 6) is 0.348. The van der Waals surface area contributed by atoms with E-state index in [1.807, 2.05) is 18.2 Å². The molecule has 3 unspecified atom stereocenters. The van der Waals surface area contributed by atoms with Crippen LogP contribution in [0.3, 0.4) is 0 Å². The average Bonchev–Trinajstić information content (AvgIpc) is 2.51. The Labute approximate surface area is 134 Å². The zero-order chi connectivity index (χ0) is 16.4. The lowest BCUT2D eigenvalue weighted by molar-refractivity contribution is -0.306. The number of rotatable bonds is 5. The topological polar surface area (TPSA) is 29.5 Å². The summed E-state index contributed by atoms with van der Waals surface area (Å²) in [4.78, 5) is 18.7. The normalized spacial score (nSPS) is 31.2. The molecule has 0 amide bonds. The van der Waals surface area contributed by atoms with E-state index in [2.05, 4.69) is 51.8 Å². The van der Waals surface area contributed by atoms with Crippen molar-refractivity contribution in [3.8, 4) is 0 Å². The quantitative estimate of drug-likeness (QED) is 0.791. The van der Waals surface area contributed by atoms with E-state index in [1.165, 1.54) is 0 Å². The summed E-state index contributed by atoms with van der Waals surface area (Å²) in [6, 6.07) is 10.3. The Bertz CT molecular complexity index is 493. The average molecular weight is 303 g/mol. The lowest BCUT2D eigenvalue weighted by Gasteiger charge is -2.54. The van der Waals surface area contributed by atoms with Gasteiger partial charge in [-0.2, -0.15) is 5.06 Å². The van der Waals surface area contributed by atoms with Crippen LogP contribution in [-0.4, -0.2) is 21.9 Å². The van der Waals surface area contributed by atoms with Gasteiger partial charge in [0, 0.05) is 12.8 Å². The molecule has 122 valence electrons. The molecule has 3 heteroatoms. The lowest BCUT2D eigenvalue weighted by Crippen LogP contribution is -2.62. The largest absolute Gasteiger partial charge is 0.300 e. The first-order valence-corrected chi connectivity index (χ1v) is 8.38. The van der Waals surface area contributed by atoms with Crippen LogP contribution in [0.5, 0.6) is 0 Å². The molecule has 1 heterocycles. The van der Waals surface area contributed by atoms with E-state index in [0.29, 0.717) is 18.6 Å². The molecule has 1 saturated heterocycles. The smallest absolute Gasteiger partial charge is 0.136 e. The molecule has 0 bridgehead atoms. The first-order chi connectivity index (χ1) is 10.3. The van der Waals surface area contributed by atoms with Gasteiger partial charge < -0.3 is 0 Å². The van der Waals surface area contributed by atoms with Gasteiger partial charge in [-0.1, -0.05) is 44.2 Å². The highest BCUT2D eigenvalue weighted by molar-refractivity contribution is 5.81. The van der Waals surface area contributed by atoms with Crippen molar-refractivity contribution in [2.75, 3.05) is 0 Å². The zero-order valence-corrected chi connectivity index (χ0v) is 14.6. The molecule has 22 heavy (non-hydrogen) atoms. The molecule has 2 rings (SSSR count). The van der Waals surface area contributed by atoms with Gasteiger partial charge in [0.25, 0.3) is 0 Å². The lowest BCUT2D eigenvalue weighted by atomic mass is 9.76. The SMILES string of the molecule is CCC1(C)CC(=O)CC(C)(CC)N1OC(C)c1ccccc1. The number of piperidine rings is 1. The number of carbonyl (C=O) groups is 1. The molecular formula is C19H29NO2. The van der Waals surface area contributed by atoms with Gasteiger partial charge in [0.15, 0.2) is 0 Å². The molecule has 0 saturated carbocycles. The van der Waals surface area contributed by atoms with Gasteiger partial charge in [0.1, 0.15) is 11.9 Å². The molecule has 1 aromatic carbocycles. The summed E-state index contributed by atoms with van der Waals surface area (Å²) in [6.45, 7) is 10.7. The van der Waals surface area contributed by atoms with E-state index in [0.717, 1.165) is 18.4 Å². The second-order valence-corrected chi connectivity index (χ2v) is 7.05. The summed E-state index contributed by atoms with van der Waals surface area (Å²) < 4.78 is 0. The van der Waals surface area contributed by atoms with Crippen LogP contribution in [0.4, 0.5) is 0 Å². The monoisotopic (exact) mass is 303 g/mol. The maximum Gasteiger partial charge on any atom is 0.136 e. The van der Waals surface area contributed by atoms with Crippen molar-refractivity contribution in [3.63, 3.8) is 0 Å². The van der Waals surface area contributed by atoms with Crippen molar-refractivity contribution in [1.82, 2.24) is 5.06 Å². The fraction of sp³-hybridized carbons (Fsp3) is 0.632. The first kappa shape index (κ1) is 17.2. The number of benzene rings is 1. The number of Topliss-reactive ketones (excluding diaryl/α,β-unsaturated/α-hetero) is 1. The number of nitrogens with zero attached hydrogens (tertiary/aromatic N) is 1. The van der Waals surface area contributed by atoms with Crippen molar-refractivity contribution < 1.29 is 9.63 Å². The van der Waals surface area contributed by atoms with Crippen LogP contribution < -0.4 is 0 Å². The third-order valence-corrected chi connectivity index (χ3v) is 5.19. The minimum atomic E-state index is -0.233. The maximum atomic E-state index is 12.2. The van der Waals surface area contributed by atoms with E-state index < -0.39 is 0 Å². The minimum absolute atomic E-state index is 0.0221. The van der Waals surface area contributed by atoms with Crippen LogP contribution in [0.15, 0.2) is 30.3 Å². The van der Waals surface area contributed by atoms with Crippen molar-refractivity contribution in [1.29, 1.82) is 0 Å². The molecule has 0 aromatic heterocycles. The molecular weight excluding hydrogens is 274 g/mol. The first-order valence-electron chi connectivity index (χ1n) is 8.38. The van der Waals surface area contributed by atoms with Crippen LogP contribution >= 0.6 is 0 Å². The Balaban J connectivity index is 2.29. The molecule has 0 spiro atoms. The summed E-state index contributed by atoms with van der Waals surface area (Å²) in [7, 11) is 0. The molecule has 3 atom stereocenters. The van der Waals surface area contributed by atoms with Gasteiger partial charge in [-0.25, -0.2) is 0 Å². The molecule has 1 aromatic rings. The van der Waals surface area contributed by atoms with Crippen molar-refractivity contribution >= 4 is 5.78 Å². The Kier molecular flexibility index (Phi) is 5.08. The van der Waals surface area contributed by atoms with Gasteiger partial charge in [0.2, 0.25) is 0 Å². The molecule has 0 aliphatic carbocycles. The maximum absolute atomic E-state index is 12.2. The van der Waals surface area contributed by atoms with Crippen LogP contribution in [0.1, 0.15) is 72.0 Å². The van der Waals surface area contributed by atoms with Gasteiger partial charge in [-0.3, -0.25) is 9.63 Å². The predicted molar refractivity (Wildman–Crippen MR) is 89.4 cm³/mol. The number of hydrogen-bond acceptors (Lipinski definition) is 3. The fourth-order valence-electron chi connectivity index (χ4n) is 3.44.